The Morgan fingerprint density at radius 2 is 2.33 bits per heavy atom. The third-order valence-electron chi connectivity index (χ3n) is 2.75. The average molecular weight is 216 g/mol. The van der Waals surface area contributed by atoms with E-state index in [1.807, 2.05) is 13.8 Å². The molecule has 0 radical (unpaired) electrons. The highest BCUT2D eigenvalue weighted by Crippen LogP contribution is 2.17. The van der Waals surface area contributed by atoms with Gasteiger partial charge in [0.05, 0.1) is 6.61 Å². The lowest BCUT2D eigenvalue weighted by molar-refractivity contribution is 0.0271. The molecule has 0 aliphatic carbocycles. The number of carbonyl (C=O) groups is 1. The Morgan fingerprint density at radius 1 is 1.67 bits per heavy atom. The number of likely N-dealkylation sites (tertiary alicyclic amines) is 1. The van der Waals surface area contributed by atoms with Crippen LogP contribution in [0.15, 0.2) is 0 Å². The molecular weight excluding hydrogens is 196 g/mol. The van der Waals surface area contributed by atoms with Gasteiger partial charge in [0.1, 0.15) is 6.10 Å². The first kappa shape index (κ1) is 12.3. The SMILES string of the molecule is COCC(C)OC(=O)N1CCC(N)C1C. The van der Waals surface area contributed by atoms with Gasteiger partial charge in [-0.25, -0.2) is 4.79 Å². The maximum absolute atomic E-state index is 11.7. The number of hydrogen-bond acceptors (Lipinski definition) is 4. The molecule has 88 valence electrons. The Kier molecular flexibility index (Phi) is 4.35. The fourth-order valence-electron chi connectivity index (χ4n) is 1.73. The minimum atomic E-state index is -0.292. The van der Waals surface area contributed by atoms with Crippen molar-refractivity contribution in [1.82, 2.24) is 4.90 Å². The lowest BCUT2D eigenvalue weighted by Gasteiger charge is -2.24. The van der Waals surface area contributed by atoms with Crippen LogP contribution in [0.3, 0.4) is 0 Å². The molecule has 1 fully saturated rings. The van der Waals surface area contributed by atoms with E-state index in [1.165, 1.54) is 0 Å². The van der Waals surface area contributed by atoms with E-state index >= 15 is 0 Å². The topological polar surface area (TPSA) is 64.8 Å². The quantitative estimate of drug-likeness (QED) is 0.749. The van der Waals surface area contributed by atoms with Crippen LogP contribution in [0.4, 0.5) is 4.79 Å². The number of nitrogens with zero attached hydrogens (tertiary/aromatic N) is 1. The van der Waals surface area contributed by atoms with Crippen LogP contribution < -0.4 is 5.73 Å². The van der Waals surface area contributed by atoms with E-state index < -0.39 is 0 Å². The molecule has 3 unspecified atom stereocenters. The molecule has 1 heterocycles. The van der Waals surface area contributed by atoms with Crippen LogP contribution in [0.1, 0.15) is 20.3 Å². The lowest BCUT2D eigenvalue weighted by atomic mass is 10.2. The normalized spacial score (nSPS) is 27.9. The number of hydrogen-bond donors (Lipinski definition) is 1. The van der Waals surface area contributed by atoms with E-state index in [9.17, 15) is 4.79 Å². The highest BCUT2D eigenvalue weighted by atomic mass is 16.6. The molecule has 0 spiro atoms. The van der Waals surface area contributed by atoms with E-state index in [1.54, 1.807) is 12.0 Å². The second kappa shape index (κ2) is 5.32. The Balaban J connectivity index is 2.40. The third-order valence-corrected chi connectivity index (χ3v) is 2.75. The number of amides is 1. The van der Waals surface area contributed by atoms with Crippen LogP contribution in [0, 0.1) is 0 Å². The zero-order valence-corrected chi connectivity index (χ0v) is 9.60. The molecule has 1 amide bonds. The second-order valence-corrected chi connectivity index (χ2v) is 4.04. The van der Waals surface area contributed by atoms with Crippen molar-refractivity contribution >= 4 is 6.09 Å². The van der Waals surface area contributed by atoms with E-state index in [2.05, 4.69) is 0 Å². The van der Waals surface area contributed by atoms with Gasteiger partial charge >= 0.3 is 6.09 Å². The second-order valence-electron chi connectivity index (χ2n) is 4.04. The molecule has 5 nitrogen and oxygen atoms in total. The molecule has 0 bridgehead atoms. The molecule has 5 heteroatoms. The molecule has 0 saturated carbocycles. The molecule has 3 atom stereocenters. The summed E-state index contributed by atoms with van der Waals surface area (Å²) in [5.41, 5.74) is 5.82. The molecule has 1 aliphatic heterocycles. The summed E-state index contributed by atoms with van der Waals surface area (Å²) >= 11 is 0. The molecule has 2 N–H and O–H groups in total. The van der Waals surface area contributed by atoms with Crippen molar-refractivity contribution in [2.45, 2.75) is 38.5 Å². The molecule has 1 aliphatic rings. The van der Waals surface area contributed by atoms with Crippen molar-refractivity contribution in [3.63, 3.8) is 0 Å². The minimum absolute atomic E-state index is 0.0623. The van der Waals surface area contributed by atoms with E-state index in [4.69, 9.17) is 15.2 Å². The predicted octanol–water partition coefficient (Wildman–Crippen LogP) is 0.579. The van der Waals surface area contributed by atoms with Crippen LogP contribution in [0.2, 0.25) is 0 Å². The van der Waals surface area contributed by atoms with Crippen molar-refractivity contribution < 1.29 is 14.3 Å². The monoisotopic (exact) mass is 216 g/mol. The average Bonchev–Trinajstić information content (AvgIpc) is 2.48. The fraction of sp³-hybridized carbons (Fsp3) is 0.900. The number of nitrogens with two attached hydrogens (primary N) is 1. The Hall–Kier alpha value is -0.810. The smallest absolute Gasteiger partial charge is 0.410 e. The third kappa shape index (κ3) is 3.07. The summed E-state index contributed by atoms with van der Waals surface area (Å²) in [5.74, 6) is 0. The summed E-state index contributed by atoms with van der Waals surface area (Å²) in [6.45, 7) is 4.85. The molecule has 1 rings (SSSR count). The molecule has 15 heavy (non-hydrogen) atoms. The first-order valence-electron chi connectivity index (χ1n) is 5.28. The zero-order valence-electron chi connectivity index (χ0n) is 9.60. The van der Waals surface area contributed by atoms with Crippen LogP contribution in [0.25, 0.3) is 0 Å². The van der Waals surface area contributed by atoms with E-state index in [-0.39, 0.29) is 24.3 Å². The first-order valence-corrected chi connectivity index (χ1v) is 5.28. The molecule has 0 aromatic rings. The largest absolute Gasteiger partial charge is 0.444 e. The number of ether oxygens (including phenoxy) is 2. The van der Waals surface area contributed by atoms with Crippen LogP contribution >= 0.6 is 0 Å². The van der Waals surface area contributed by atoms with Crippen LogP contribution in [-0.2, 0) is 9.47 Å². The standard InChI is InChI=1S/C10H20N2O3/c1-7(6-14-3)15-10(13)12-5-4-9(11)8(12)2/h7-9H,4-6,11H2,1-3H3. The molecule has 0 aromatic heterocycles. The van der Waals surface area contributed by atoms with Crippen LogP contribution in [0.5, 0.6) is 0 Å². The predicted molar refractivity (Wildman–Crippen MR) is 56.6 cm³/mol. The maximum Gasteiger partial charge on any atom is 0.410 e. The summed E-state index contributed by atoms with van der Waals surface area (Å²) in [7, 11) is 1.58. The van der Waals surface area contributed by atoms with Crippen molar-refractivity contribution in [1.29, 1.82) is 0 Å². The van der Waals surface area contributed by atoms with Crippen molar-refractivity contribution in [3.05, 3.63) is 0 Å². The zero-order chi connectivity index (χ0) is 11.4. The molecular formula is C10H20N2O3. The number of methoxy groups -OCH3 is 1. The summed E-state index contributed by atoms with van der Waals surface area (Å²) in [6, 6.07) is 0.127. The maximum atomic E-state index is 11.7. The van der Waals surface area contributed by atoms with Gasteiger partial charge in [-0.1, -0.05) is 0 Å². The van der Waals surface area contributed by atoms with Gasteiger partial charge in [-0.15, -0.1) is 0 Å². The number of rotatable bonds is 3. The lowest BCUT2D eigenvalue weighted by Crippen LogP contribution is -2.42. The Labute approximate surface area is 90.5 Å². The van der Waals surface area contributed by atoms with Crippen LogP contribution in [-0.4, -0.2) is 49.4 Å². The van der Waals surface area contributed by atoms with Gasteiger partial charge in [-0.3, -0.25) is 0 Å². The molecule has 0 aromatic carbocycles. The van der Waals surface area contributed by atoms with Gasteiger partial charge in [-0.05, 0) is 20.3 Å². The highest BCUT2D eigenvalue weighted by molar-refractivity contribution is 5.68. The van der Waals surface area contributed by atoms with Gasteiger partial charge in [0.25, 0.3) is 0 Å². The number of carbonyl (C=O) groups excluding carboxylic acids is 1. The van der Waals surface area contributed by atoms with E-state index in [0.29, 0.717) is 13.2 Å². The first-order chi connectivity index (χ1) is 7.06. The van der Waals surface area contributed by atoms with Gasteiger partial charge in [0, 0.05) is 25.7 Å². The van der Waals surface area contributed by atoms with Crippen molar-refractivity contribution in [2.24, 2.45) is 5.73 Å². The summed E-state index contributed by atoms with van der Waals surface area (Å²) in [5, 5.41) is 0. The van der Waals surface area contributed by atoms with Gasteiger partial charge in [0.15, 0.2) is 0 Å². The van der Waals surface area contributed by atoms with Crippen molar-refractivity contribution in [2.75, 3.05) is 20.3 Å². The highest BCUT2D eigenvalue weighted by Gasteiger charge is 2.32. The summed E-state index contributed by atoms with van der Waals surface area (Å²) in [4.78, 5) is 13.4. The van der Waals surface area contributed by atoms with Gasteiger partial charge in [0.2, 0.25) is 0 Å². The van der Waals surface area contributed by atoms with Crippen molar-refractivity contribution in [3.8, 4) is 0 Å². The van der Waals surface area contributed by atoms with E-state index in [0.717, 1.165) is 6.42 Å². The summed E-state index contributed by atoms with van der Waals surface area (Å²) in [6.07, 6.45) is 0.334. The summed E-state index contributed by atoms with van der Waals surface area (Å²) < 4.78 is 10.1. The Morgan fingerprint density at radius 3 is 2.80 bits per heavy atom. The minimum Gasteiger partial charge on any atom is -0.444 e. The van der Waals surface area contributed by atoms with Gasteiger partial charge in [-0.2, -0.15) is 0 Å². The Bertz CT molecular complexity index is 223. The molecule has 1 saturated heterocycles. The fourth-order valence-corrected chi connectivity index (χ4v) is 1.73. The van der Waals surface area contributed by atoms with Gasteiger partial charge < -0.3 is 20.1 Å².